The van der Waals surface area contributed by atoms with Crippen molar-refractivity contribution in [3.8, 4) is 0 Å². The Labute approximate surface area is 116 Å². The van der Waals surface area contributed by atoms with Crippen LogP contribution in [0.3, 0.4) is 0 Å². The summed E-state index contributed by atoms with van der Waals surface area (Å²) in [5.41, 5.74) is 2.51. The second kappa shape index (κ2) is 6.51. The van der Waals surface area contributed by atoms with Gasteiger partial charge in [0.25, 0.3) is 0 Å². The van der Waals surface area contributed by atoms with E-state index in [1.54, 1.807) is 0 Å². The van der Waals surface area contributed by atoms with E-state index in [1.807, 2.05) is 0 Å². The molecule has 3 nitrogen and oxygen atoms in total. The van der Waals surface area contributed by atoms with Gasteiger partial charge in [0, 0.05) is 19.5 Å². The summed E-state index contributed by atoms with van der Waals surface area (Å²) in [5, 5.41) is 10.3. The van der Waals surface area contributed by atoms with Crippen molar-refractivity contribution in [2.45, 2.75) is 38.4 Å². The van der Waals surface area contributed by atoms with Crippen LogP contribution in [0.4, 0.5) is 0 Å². The predicted molar refractivity (Wildman–Crippen MR) is 77.5 cm³/mol. The summed E-state index contributed by atoms with van der Waals surface area (Å²) < 4.78 is 5.65. The van der Waals surface area contributed by atoms with Gasteiger partial charge in [0.1, 0.15) is 0 Å². The van der Waals surface area contributed by atoms with Crippen LogP contribution in [0, 0.1) is 0 Å². The Bertz CT molecular complexity index is 388. The Morgan fingerprint density at radius 1 is 1.32 bits per heavy atom. The lowest BCUT2D eigenvalue weighted by Gasteiger charge is -2.33. The molecular weight excluding hydrogens is 238 g/mol. The molecule has 1 aromatic rings. The summed E-state index contributed by atoms with van der Waals surface area (Å²) in [5.74, 6) is 0.550. The van der Waals surface area contributed by atoms with Crippen LogP contribution in [-0.4, -0.2) is 49.0 Å². The number of benzene rings is 1. The van der Waals surface area contributed by atoms with E-state index in [9.17, 15) is 5.11 Å². The average Bonchev–Trinajstić information content (AvgIpc) is 2.39. The molecule has 0 spiro atoms. The van der Waals surface area contributed by atoms with Gasteiger partial charge in [0.15, 0.2) is 0 Å². The first-order chi connectivity index (χ1) is 9.06. The first-order valence-electron chi connectivity index (χ1n) is 7.13. The lowest BCUT2D eigenvalue weighted by Crippen LogP contribution is -2.46. The highest BCUT2D eigenvalue weighted by molar-refractivity contribution is 5.25. The molecular formula is C16H25NO2. The zero-order valence-corrected chi connectivity index (χ0v) is 12.2. The highest BCUT2D eigenvalue weighted by Crippen LogP contribution is 2.17. The van der Waals surface area contributed by atoms with Crippen molar-refractivity contribution in [1.82, 2.24) is 4.90 Å². The van der Waals surface area contributed by atoms with E-state index in [4.69, 9.17) is 4.74 Å². The molecule has 1 aliphatic rings. The van der Waals surface area contributed by atoms with Gasteiger partial charge in [-0.15, -0.1) is 0 Å². The highest BCUT2D eigenvalue weighted by atomic mass is 16.5. The molecule has 1 fully saturated rings. The zero-order chi connectivity index (χ0) is 13.8. The number of hydrogen-bond acceptors (Lipinski definition) is 3. The maximum absolute atomic E-state index is 10.3. The van der Waals surface area contributed by atoms with Crippen LogP contribution in [0.25, 0.3) is 0 Å². The van der Waals surface area contributed by atoms with Gasteiger partial charge in [-0.1, -0.05) is 38.1 Å². The van der Waals surface area contributed by atoms with Crippen molar-refractivity contribution in [3.63, 3.8) is 0 Å². The molecule has 2 unspecified atom stereocenters. The fourth-order valence-corrected chi connectivity index (χ4v) is 2.46. The quantitative estimate of drug-likeness (QED) is 0.902. The lowest BCUT2D eigenvalue weighted by molar-refractivity contribution is -0.0823. The van der Waals surface area contributed by atoms with Crippen molar-refractivity contribution in [2.24, 2.45) is 0 Å². The Morgan fingerprint density at radius 3 is 2.58 bits per heavy atom. The summed E-state index contributed by atoms with van der Waals surface area (Å²) in [7, 11) is 2.07. The SMILES string of the molecule is CC(C)c1ccc(CC(O)C2CN(C)CCO2)cc1. The minimum Gasteiger partial charge on any atom is -0.390 e. The minimum absolute atomic E-state index is 0.0662. The molecule has 1 N–H and O–H groups in total. The zero-order valence-electron chi connectivity index (χ0n) is 12.2. The molecule has 2 atom stereocenters. The minimum atomic E-state index is -0.423. The fourth-order valence-electron chi connectivity index (χ4n) is 2.46. The van der Waals surface area contributed by atoms with Crippen LogP contribution >= 0.6 is 0 Å². The van der Waals surface area contributed by atoms with Crippen LogP contribution in [0.1, 0.15) is 30.9 Å². The summed E-state index contributed by atoms with van der Waals surface area (Å²) >= 11 is 0. The molecule has 1 saturated heterocycles. The van der Waals surface area contributed by atoms with Crippen LogP contribution in [0.2, 0.25) is 0 Å². The van der Waals surface area contributed by atoms with Gasteiger partial charge in [-0.05, 0) is 24.1 Å². The fraction of sp³-hybridized carbons (Fsp3) is 0.625. The number of hydrogen-bond donors (Lipinski definition) is 1. The van der Waals surface area contributed by atoms with Gasteiger partial charge in [-0.25, -0.2) is 0 Å². The summed E-state index contributed by atoms with van der Waals surface area (Å²) in [6.07, 6.45) is 0.174. The number of likely N-dealkylation sites (N-methyl/N-ethyl adjacent to an activating group) is 1. The molecule has 0 aliphatic carbocycles. The van der Waals surface area contributed by atoms with E-state index >= 15 is 0 Å². The Kier molecular flexibility index (Phi) is 4.97. The molecule has 0 aromatic heterocycles. The van der Waals surface area contributed by atoms with Crippen molar-refractivity contribution >= 4 is 0 Å². The van der Waals surface area contributed by atoms with E-state index in [0.717, 1.165) is 13.1 Å². The molecule has 0 amide bonds. The van der Waals surface area contributed by atoms with Gasteiger partial charge in [-0.2, -0.15) is 0 Å². The summed E-state index contributed by atoms with van der Waals surface area (Å²) in [6, 6.07) is 8.54. The van der Waals surface area contributed by atoms with E-state index in [-0.39, 0.29) is 6.10 Å². The maximum Gasteiger partial charge on any atom is 0.0964 e. The molecule has 1 heterocycles. The predicted octanol–water partition coefficient (Wildman–Crippen LogP) is 2.04. The normalized spacial score (nSPS) is 22.7. The largest absolute Gasteiger partial charge is 0.390 e. The smallest absolute Gasteiger partial charge is 0.0964 e. The number of rotatable bonds is 4. The summed E-state index contributed by atoms with van der Waals surface area (Å²) in [6.45, 7) is 6.85. The third kappa shape index (κ3) is 4.03. The van der Waals surface area contributed by atoms with Crippen LogP contribution in [-0.2, 0) is 11.2 Å². The highest BCUT2D eigenvalue weighted by Gasteiger charge is 2.25. The number of morpholine rings is 1. The van der Waals surface area contributed by atoms with E-state index in [1.165, 1.54) is 11.1 Å². The second-order valence-corrected chi connectivity index (χ2v) is 5.84. The van der Waals surface area contributed by atoms with Gasteiger partial charge in [-0.3, -0.25) is 0 Å². The molecule has 3 heteroatoms. The van der Waals surface area contributed by atoms with Crippen molar-refractivity contribution in [3.05, 3.63) is 35.4 Å². The molecule has 2 rings (SSSR count). The Morgan fingerprint density at radius 2 is 2.00 bits per heavy atom. The van der Waals surface area contributed by atoms with Gasteiger partial charge in [0.2, 0.25) is 0 Å². The molecule has 1 aliphatic heterocycles. The van der Waals surface area contributed by atoms with Gasteiger partial charge in [0.05, 0.1) is 18.8 Å². The third-order valence-electron chi connectivity index (χ3n) is 3.82. The van der Waals surface area contributed by atoms with Crippen molar-refractivity contribution < 1.29 is 9.84 Å². The Hall–Kier alpha value is -0.900. The average molecular weight is 263 g/mol. The van der Waals surface area contributed by atoms with Gasteiger partial charge >= 0.3 is 0 Å². The van der Waals surface area contributed by atoms with Crippen molar-refractivity contribution in [2.75, 3.05) is 26.7 Å². The molecule has 1 aromatic carbocycles. The monoisotopic (exact) mass is 263 g/mol. The Balaban J connectivity index is 1.92. The van der Waals surface area contributed by atoms with E-state index < -0.39 is 6.10 Å². The topological polar surface area (TPSA) is 32.7 Å². The molecule has 106 valence electrons. The maximum atomic E-state index is 10.3. The summed E-state index contributed by atoms with van der Waals surface area (Å²) in [4.78, 5) is 2.21. The number of nitrogens with zero attached hydrogens (tertiary/aromatic N) is 1. The van der Waals surface area contributed by atoms with Gasteiger partial charge < -0.3 is 14.7 Å². The lowest BCUT2D eigenvalue weighted by atomic mass is 9.98. The van der Waals surface area contributed by atoms with Crippen molar-refractivity contribution in [1.29, 1.82) is 0 Å². The number of ether oxygens (including phenoxy) is 1. The molecule has 0 saturated carbocycles. The second-order valence-electron chi connectivity index (χ2n) is 5.84. The van der Waals surface area contributed by atoms with Crippen LogP contribution < -0.4 is 0 Å². The first kappa shape index (κ1) is 14.5. The van der Waals surface area contributed by atoms with Crippen LogP contribution in [0.15, 0.2) is 24.3 Å². The standard InChI is InChI=1S/C16H25NO2/c1-12(2)14-6-4-13(5-7-14)10-15(18)16-11-17(3)8-9-19-16/h4-7,12,15-16,18H,8-11H2,1-3H3. The molecule has 19 heavy (non-hydrogen) atoms. The number of aliphatic hydroxyl groups excluding tert-OH is 1. The molecule has 0 radical (unpaired) electrons. The molecule has 0 bridgehead atoms. The third-order valence-corrected chi connectivity index (χ3v) is 3.82. The number of aliphatic hydroxyl groups is 1. The van der Waals surface area contributed by atoms with E-state index in [0.29, 0.717) is 18.9 Å². The first-order valence-corrected chi connectivity index (χ1v) is 7.13. The van der Waals surface area contributed by atoms with E-state index in [2.05, 4.69) is 50.1 Å². The van der Waals surface area contributed by atoms with Crippen LogP contribution in [0.5, 0.6) is 0 Å².